The second-order valence-corrected chi connectivity index (χ2v) is 6.58. The van der Waals surface area contributed by atoms with Crippen molar-refractivity contribution in [2.24, 2.45) is 0 Å². The molecule has 0 spiro atoms. The topological polar surface area (TPSA) is 33.2 Å². The fourth-order valence-electron chi connectivity index (χ4n) is 3.22. The first kappa shape index (κ1) is 16.6. The zero-order chi connectivity index (χ0) is 17.9. The van der Waals surface area contributed by atoms with Crippen LogP contribution in [0.5, 0.6) is 0 Å². The number of amides is 1. The Morgan fingerprint density at radius 3 is 2.65 bits per heavy atom. The number of rotatable bonds is 3. The first-order chi connectivity index (χ1) is 12.7. The highest BCUT2D eigenvalue weighted by Crippen LogP contribution is 2.32. The summed E-state index contributed by atoms with van der Waals surface area (Å²) in [5.74, 6) is -0.0275. The summed E-state index contributed by atoms with van der Waals surface area (Å²) in [4.78, 5) is 18.5. The molecule has 3 nitrogen and oxygen atoms in total. The molecule has 0 unspecified atom stereocenters. The van der Waals surface area contributed by atoms with Crippen LogP contribution in [0, 0.1) is 0 Å². The summed E-state index contributed by atoms with van der Waals surface area (Å²) in [5.41, 5.74) is 5.30. The molecule has 1 aliphatic rings. The summed E-state index contributed by atoms with van der Waals surface area (Å²) in [7, 11) is 0. The van der Waals surface area contributed by atoms with Gasteiger partial charge in [0.25, 0.3) is 5.91 Å². The number of hydrogen-bond donors (Lipinski definition) is 0. The number of pyridine rings is 1. The second-order valence-electron chi connectivity index (χ2n) is 6.17. The number of hydrogen-bond acceptors (Lipinski definition) is 2. The standard InChI is InChI=1S/C22H17ClN2O/c23-20-4-2-1-3-17(20)6-8-22(26)25-14-11-19-15-18(5-7-21(19)25)16-9-12-24-13-10-16/h1-10,12-13,15H,11,14H2/b8-6+. The molecule has 0 fully saturated rings. The molecular formula is C22H17ClN2O. The summed E-state index contributed by atoms with van der Waals surface area (Å²) in [6, 6.07) is 17.7. The predicted octanol–water partition coefficient (Wildman–Crippen LogP) is 5.00. The van der Waals surface area contributed by atoms with Crippen LogP contribution in [-0.2, 0) is 11.2 Å². The van der Waals surface area contributed by atoms with E-state index in [2.05, 4.69) is 17.1 Å². The molecule has 2 aromatic carbocycles. The van der Waals surface area contributed by atoms with E-state index in [4.69, 9.17) is 11.6 Å². The van der Waals surface area contributed by atoms with Crippen molar-refractivity contribution in [3.05, 3.63) is 89.2 Å². The van der Waals surface area contributed by atoms with Crippen molar-refractivity contribution in [2.45, 2.75) is 6.42 Å². The van der Waals surface area contributed by atoms with Crippen LogP contribution in [0.3, 0.4) is 0 Å². The SMILES string of the molecule is O=C(/C=C/c1ccccc1Cl)N1CCc2cc(-c3ccncc3)ccc21. The van der Waals surface area contributed by atoms with Crippen molar-refractivity contribution in [3.63, 3.8) is 0 Å². The smallest absolute Gasteiger partial charge is 0.251 e. The van der Waals surface area contributed by atoms with Gasteiger partial charge in [-0.2, -0.15) is 0 Å². The Morgan fingerprint density at radius 2 is 1.85 bits per heavy atom. The van der Waals surface area contributed by atoms with Crippen molar-refractivity contribution in [1.29, 1.82) is 0 Å². The van der Waals surface area contributed by atoms with Crippen molar-refractivity contribution < 1.29 is 4.79 Å². The van der Waals surface area contributed by atoms with Crippen molar-refractivity contribution in [2.75, 3.05) is 11.4 Å². The van der Waals surface area contributed by atoms with E-state index in [0.717, 1.165) is 28.8 Å². The van der Waals surface area contributed by atoms with Gasteiger partial charge in [-0.1, -0.05) is 35.9 Å². The van der Waals surface area contributed by atoms with Gasteiger partial charge < -0.3 is 4.90 Å². The largest absolute Gasteiger partial charge is 0.308 e. The number of anilines is 1. The summed E-state index contributed by atoms with van der Waals surface area (Å²) < 4.78 is 0. The molecule has 1 amide bonds. The molecule has 0 bridgehead atoms. The fraction of sp³-hybridized carbons (Fsp3) is 0.0909. The number of aromatic nitrogens is 1. The van der Waals surface area contributed by atoms with E-state index in [1.165, 1.54) is 5.56 Å². The normalized spacial score (nSPS) is 13.2. The average Bonchev–Trinajstić information content (AvgIpc) is 3.11. The van der Waals surface area contributed by atoms with Crippen molar-refractivity contribution in [1.82, 2.24) is 4.98 Å². The number of halogens is 1. The lowest BCUT2D eigenvalue weighted by atomic mass is 10.0. The van der Waals surface area contributed by atoms with E-state index in [-0.39, 0.29) is 5.91 Å². The van der Waals surface area contributed by atoms with Crippen molar-refractivity contribution >= 4 is 29.3 Å². The zero-order valence-corrected chi connectivity index (χ0v) is 14.9. The third-order valence-electron chi connectivity index (χ3n) is 4.57. The summed E-state index contributed by atoms with van der Waals surface area (Å²) in [5, 5.41) is 0.639. The highest BCUT2D eigenvalue weighted by molar-refractivity contribution is 6.32. The Bertz CT molecular complexity index is 982. The monoisotopic (exact) mass is 360 g/mol. The Kier molecular flexibility index (Phi) is 4.55. The van der Waals surface area contributed by atoms with Gasteiger partial charge in [-0.05, 0) is 65.1 Å². The average molecular weight is 361 g/mol. The van der Waals surface area contributed by atoms with E-state index in [0.29, 0.717) is 11.6 Å². The third kappa shape index (κ3) is 3.26. The van der Waals surface area contributed by atoms with Gasteiger partial charge in [0.05, 0.1) is 0 Å². The molecule has 2 heterocycles. The first-order valence-electron chi connectivity index (χ1n) is 8.50. The van der Waals surface area contributed by atoms with Gasteiger partial charge >= 0.3 is 0 Å². The van der Waals surface area contributed by atoms with Gasteiger partial charge in [0.2, 0.25) is 0 Å². The Morgan fingerprint density at radius 1 is 1.04 bits per heavy atom. The predicted molar refractivity (Wildman–Crippen MR) is 106 cm³/mol. The number of nitrogens with zero attached hydrogens (tertiary/aromatic N) is 2. The van der Waals surface area contributed by atoms with Gasteiger partial charge in [0.15, 0.2) is 0 Å². The highest BCUT2D eigenvalue weighted by atomic mass is 35.5. The van der Waals surface area contributed by atoms with Gasteiger partial charge in [-0.25, -0.2) is 0 Å². The van der Waals surface area contributed by atoms with Gasteiger partial charge in [-0.15, -0.1) is 0 Å². The van der Waals surface area contributed by atoms with E-state index < -0.39 is 0 Å². The van der Waals surface area contributed by atoms with Gasteiger partial charge in [0, 0.05) is 35.7 Å². The minimum Gasteiger partial charge on any atom is -0.308 e. The molecule has 1 aliphatic heterocycles. The molecule has 26 heavy (non-hydrogen) atoms. The van der Waals surface area contributed by atoms with Crippen LogP contribution in [0.2, 0.25) is 5.02 Å². The number of carbonyl (C=O) groups excluding carboxylic acids is 1. The maximum Gasteiger partial charge on any atom is 0.251 e. The molecule has 0 saturated heterocycles. The lowest BCUT2D eigenvalue weighted by Crippen LogP contribution is -2.26. The molecule has 4 rings (SSSR count). The van der Waals surface area contributed by atoms with Crippen LogP contribution >= 0.6 is 11.6 Å². The van der Waals surface area contributed by atoms with Gasteiger partial charge in [0.1, 0.15) is 0 Å². The molecule has 0 saturated carbocycles. The van der Waals surface area contributed by atoms with Crippen LogP contribution in [0.25, 0.3) is 17.2 Å². The second kappa shape index (κ2) is 7.14. The fourth-order valence-corrected chi connectivity index (χ4v) is 3.41. The van der Waals surface area contributed by atoms with E-state index in [1.807, 2.05) is 47.4 Å². The molecule has 0 aliphatic carbocycles. The summed E-state index contributed by atoms with van der Waals surface area (Å²) in [6.45, 7) is 0.695. The number of benzene rings is 2. The lowest BCUT2D eigenvalue weighted by molar-refractivity contribution is -0.114. The minimum absolute atomic E-state index is 0.0275. The van der Waals surface area contributed by atoms with Crippen LogP contribution < -0.4 is 4.90 Å². The molecular weight excluding hydrogens is 344 g/mol. The summed E-state index contributed by atoms with van der Waals surface area (Å²) >= 11 is 6.14. The van der Waals surface area contributed by atoms with E-state index >= 15 is 0 Å². The van der Waals surface area contributed by atoms with Crippen LogP contribution in [0.15, 0.2) is 73.1 Å². The van der Waals surface area contributed by atoms with Crippen LogP contribution in [-0.4, -0.2) is 17.4 Å². The zero-order valence-electron chi connectivity index (χ0n) is 14.1. The quantitative estimate of drug-likeness (QED) is 0.615. The van der Waals surface area contributed by atoms with E-state index in [9.17, 15) is 4.79 Å². The Balaban J connectivity index is 1.56. The molecule has 0 atom stereocenters. The molecule has 0 N–H and O–H groups in total. The van der Waals surface area contributed by atoms with Crippen LogP contribution in [0.1, 0.15) is 11.1 Å². The van der Waals surface area contributed by atoms with Crippen molar-refractivity contribution in [3.8, 4) is 11.1 Å². The maximum atomic E-state index is 12.6. The third-order valence-corrected chi connectivity index (χ3v) is 4.91. The van der Waals surface area contributed by atoms with E-state index in [1.54, 1.807) is 24.5 Å². The van der Waals surface area contributed by atoms with Crippen LogP contribution in [0.4, 0.5) is 5.69 Å². The highest BCUT2D eigenvalue weighted by Gasteiger charge is 2.23. The van der Waals surface area contributed by atoms with Gasteiger partial charge in [-0.3, -0.25) is 9.78 Å². The minimum atomic E-state index is -0.0275. The lowest BCUT2D eigenvalue weighted by Gasteiger charge is -2.15. The summed E-state index contributed by atoms with van der Waals surface area (Å²) in [6.07, 6.45) is 7.80. The Labute approximate surface area is 157 Å². The number of fused-ring (bicyclic) bond motifs is 1. The molecule has 4 heteroatoms. The molecule has 3 aromatic rings. The Hall–Kier alpha value is -2.91. The molecule has 0 radical (unpaired) electrons. The molecule has 1 aromatic heterocycles. The maximum absolute atomic E-state index is 12.6. The first-order valence-corrected chi connectivity index (χ1v) is 8.87. The number of carbonyl (C=O) groups is 1. The molecule has 128 valence electrons.